The van der Waals surface area contributed by atoms with Crippen LogP contribution in [-0.2, 0) is 20.5 Å². The topological polar surface area (TPSA) is 43.4 Å². The molecule has 0 atom stereocenters. The van der Waals surface area contributed by atoms with E-state index in [0.29, 0.717) is 22.3 Å². The standard InChI is InChI=1S/C31H30F3O3PS/c32-31(33,34)39(35,36)37-38(28-20-10-4-11-21-28,29-22-12-5-13-23-29,30-24-14-6-15-25-30)26-16-2-1-7-17-27-18-8-3-9-19-27/h1-6,8-15,18-25H,7,16-17,26H2/b2-1+. The Hall–Kier alpha value is -3.25. The van der Waals surface area contributed by atoms with Crippen LogP contribution in [0.15, 0.2) is 133 Å². The third-order valence-electron chi connectivity index (χ3n) is 6.78. The number of hydrogen-bond donors (Lipinski definition) is 0. The quantitative estimate of drug-likeness (QED) is 0.112. The molecule has 0 aliphatic rings. The van der Waals surface area contributed by atoms with Gasteiger partial charge in [0.15, 0.2) is 0 Å². The number of benzene rings is 4. The second-order valence-corrected chi connectivity index (χ2v) is 15.6. The molecule has 0 unspecified atom stereocenters. The molecule has 0 radical (unpaired) electrons. The summed E-state index contributed by atoms with van der Waals surface area (Å²) in [5.41, 5.74) is -4.42. The molecule has 0 aromatic heterocycles. The summed E-state index contributed by atoms with van der Waals surface area (Å²) in [5, 5.41) is 1.23. The van der Waals surface area contributed by atoms with E-state index in [1.165, 1.54) is 5.56 Å². The minimum absolute atomic E-state index is 0.0286. The second kappa shape index (κ2) is 11.9. The molecule has 4 rings (SSSR count). The maximum absolute atomic E-state index is 14.0. The SMILES string of the molecule is O=S(=O)(OP(CC/C=C/CCc1ccccc1)(c1ccccc1)(c1ccccc1)c1ccccc1)C(F)(F)F. The Labute approximate surface area is 228 Å². The Balaban J connectivity index is 1.89. The molecule has 0 fully saturated rings. The van der Waals surface area contributed by atoms with Crippen LogP contribution >= 0.6 is 6.83 Å². The first kappa shape index (κ1) is 28.8. The van der Waals surface area contributed by atoms with Crippen molar-refractivity contribution in [1.82, 2.24) is 0 Å². The minimum atomic E-state index is -6.01. The summed E-state index contributed by atoms with van der Waals surface area (Å²) in [6.07, 6.45) is 5.78. The van der Waals surface area contributed by atoms with Crippen molar-refractivity contribution in [3.63, 3.8) is 0 Å². The summed E-state index contributed by atoms with van der Waals surface area (Å²) in [7, 11) is -6.01. The van der Waals surface area contributed by atoms with Crippen molar-refractivity contribution in [2.75, 3.05) is 6.16 Å². The van der Waals surface area contributed by atoms with Gasteiger partial charge in [-0.3, -0.25) is 0 Å². The number of hydrogen-bond acceptors (Lipinski definition) is 3. The van der Waals surface area contributed by atoms with Gasteiger partial charge >= 0.3 is 228 Å². The summed E-state index contributed by atoms with van der Waals surface area (Å²) in [6.45, 7) is -4.73. The van der Waals surface area contributed by atoms with Crippen molar-refractivity contribution >= 4 is 32.9 Å². The fraction of sp³-hybridized carbons (Fsp3) is 0.161. The van der Waals surface area contributed by atoms with Gasteiger partial charge in [0.05, 0.1) is 0 Å². The zero-order chi connectivity index (χ0) is 27.8. The van der Waals surface area contributed by atoms with Crippen molar-refractivity contribution in [2.24, 2.45) is 0 Å². The fourth-order valence-corrected chi connectivity index (χ4v) is 13.1. The van der Waals surface area contributed by atoms with E-state index in [2.05, 4.69) is 0 Å². The van der Waals surface area contributed by atoms with E-state index in [9.17, 15) is 21.6 Å². The van der Waals surface area contributed by atoms with Crippen LogP contribution in [0.5, 0.6) is 0 Å². The van der Waals surface area contributed by atoms with Crippen LogP contribution < -0.4 is 15.9 Å². The fourth-order valence-electron chi connectivity index (χ4n) is 4.94. The molecule has 0 spiro atoms. The molecule has 39 heavy (non-hydrogen) atoms. The molecular formula is C31H30F3O3PS. The summed E-state index contributed by atoms with van der Waals surface area (Å²) >= 11 is 0. The molecule has 4 aromatic carbocycles. The molecule has 0 saturated carbocycles. The van der Waals surface area contributed by atoms with Gasteiger partial charge in [0, 0.05) is 0 Å². The van der Waals surface area contributed by atoms with Gasteiger partial charge in [-0.05, 0) is 0 Å². The number of rotatable bonds is 11. The number of aryl methyl sites for hydroxylation is 1. The summed E-state index contributed by atoms with van der Waals surface area (Å²) in [5.74, 6) is 0. The van der Waals surface area contributed by atoms with Gasteiger partial charge in [-0.2, -0.15) is 0 Å². The molecule has 0 saturated heterocycles. The van der Waals surface area contributed by atoms with Gasteiger partial charge < -0.3 is 0 Å². The van der Waals surface area contributed by atoms with Crippen molar-refractivity contribution in [3.05, 3.63) is 139 Å². The first-order chi connectivity index (χ1) is 18.7. The van der Waals surface area contributed by atoms with Gasteiger partial charge in [0.2, 0.25) is 0 Å². The van der Waals surface area contributed by atoms with E-state index < -0.39 is 22.5 Å². The van der Waals surface area contributed by atoms with Crippen LogP contribution in [0.2, 0.25) is 0 Å². The third-order valence-corrected chi connectivity index (χ3v) is 14.7. The number of alkyl halides is 3. The maximum atomic E-state index is 14.0. The van der Waals surface area contributed by atoms with E-state index in [4.69, 9.17) is 3.97 Å². The molecule has 0 bridgehead atoms. The van der Waals surface area contributed by atoms with Crippen LogP contribution in [0.4, 0.5) is 13.2 Å². The van der Waals surface area contributed by atoms with E-state index >= 15 is 0 Å². The van der Waals surface area contributed by atoms with E-state index in [0.717, 1.165) is 12.8 Å². The Morgan fingerprint density at radius 2 is 1.00 bits per heavy atom. The molecule has 0 aliphatic carbocycles. The Kier molecular flexibility index (Phi) is 8.75. The van der Waals surface area contributed by atoms with Gasteiger partial charge in [0.1, 0.15) is 0 Å². The van der Waals surface area contributed by atoms with Crippen molar-refractivity contribution in [3.8, 4) is 0 Å². The molecule has 0 aliphatic heterocycles. The second-order valence-electron chi connectivity index (χ2n) is 9.20. The Morgan fingerprint density at radius 1 is 0.615 bits per heavy atom. The summed E-state index contributed by atoms with van der Waals surface area (Å²) in [6, 6.07) is 35.4. The molecule has 4 aromatic rings. The summed E-state index contributed by atoms with van der Waals surface area (Å²) in [4.78, 5) is 0. The van der Waals surface area contributed by atoms with Gasteiger partial charge in [-0.25, -0.2) is 0 Å². The first-order valence-electron chi connectivity index (χ1n) is 12.6. The molecule has 204 valence electrons. The third kappa shape index (κ3) is 5.86. The molecule has 8 heteroatoms. The first-order valence-corrected chi connectivity index (χ1v) is 16.3. The van der Waals surface area contributed by atoms with E-state index in [1.807, 2.05) is 42.5 Å². The van der Waals surface area contributed by atoms with Crippen LogP contribution in [0, 0.1) is 0 Å². The molecule has 0 N–H and O–H groups in total. The van der Waals surface area contributed by atoms with E-state index in [1.54, 1.807) is 91.0 Å². The normalized spacial score (nSPS) is 13.7. The number of allylic oxidation sites excluding steroid dienone is 2. The van der Waals surface area contributed by atoms with Crippen molar-refractivity contribution < 1.29 is 25.6 Å². The van der Waals surface area contributed by atoms with Crippen molar-refractivity contribution in [2.45, 2.75) is 24.8 Å². The van der Waals surface area contributed by atoms with Gasteiger partial charge in [-0.1, -0.05) is 0 Å². The molecule has 0 amide bonds. The molecular weight excluding hydrogens is 540 g/mol. The van der Waals surface area contributed by atoms with Gasteiger partial charge in [0.25, 0.3) is 0 Å². The predicted molar refractivity (Wildman–Crippen MR) is 155 cm³/mol. The Morgan fingerprint density at radius 3 is 1.41 bits per heavy atom. The predicted octanol–water partition coefficient (Wildman–Crippen LogP) is 6.88. The van der Waals surface area contributed by atoms with Crippen LogP contribution in [0.25, 0.3) is 0 Å². The monoisotopic (exact) mass is 570 g/mol. The van der Waals surface area contributed by atoms with Crippen LogP contribution in [0.3, 0.4) is 0 Å². The Bertz CT molecular complexity index is 1380. The van der Waals surface area contributed by atoms with Crippen LogP contribution in [0.1, 0.15) is 18.4 Å². The molecule has 0 heterocycles. The molecule has 3 nitrogen and oxygen atoms in total. The summed E-state index contributed by atoms with van der Waals surface area (Å²) < 4.78 is 73.7. The van der Waals surface area contributed by atoms with Crippen LogP contribution in [-0.4, -0.2) is 20.1 Å². The van der Waals surface area contributed by atoms with E-state index in [-0.39, 0.29) is 6.16 Å². The van der Waals surface area contributed by atoms with Gasteiger partial charge in [-0.15, -0.1) is 0 Å². The number of halogens is 3. The van der Waals surface area contributed by atoms with Crippen molar-refractivity contribution in [1.29, 1.82) is 0 Å². The average Bonchev–Trinajstić information content (AvgIpc) is 2.95. The zero-order valence-corrected chi connectivity index (χ0v) is 23.0. The average molecular weight is 571 g/mol. The zero-order valence-electron chi connectivity index (χ0n) is 21.2.